The van der Waals surface area contributed by atoms with Gasteiger partial charge in [-0.25, -0.2) is 9.37 Å². The molecule has 0 aliphatic heterocycles. The lowest BCUT2D eigenvalue weighted by molar-refractivity contribution is -0.113. The van der Waals surface area contributed by atoms with E-state index in [9.17, 15) is 9.18 Å². The fraction of sp³-hybridized carbons (Fsp3) is 0.158. The summed E-state index contributed by atoms with van der Waals surface area (Å²) in [7, 11) is 0. The number of aromatic nitrogens is 4. The van der Waals surface area contributed by atoms with Crippen molar-refractivity contribution in [3.63, 3.8) is 0 Å². The number of halogens is 1. The van der Waals surface area contributed by atoms with Crippen LogP contribution in [0.1, 0.15) is 11.1 Å². The number of amides is 1. The highest BCUT2D eigenvalue weighted by atomic mass is 32.2. The molecule has 0 saturated carbocycles. The number of hydrogen-bond acceptors (Lipinski definition) is 6. The predicted octanol–water partition coefficient (Wildman–Crippen LogP) is 4.36. The van der Waals surface area contributed by atoms with E-state index in [1.807, 2.05) is 13.8 Å². The van der Waals surface area contributed by atoms with Crippen molar-refractivity contribution in [3.05, 3.63) is 59.7 Å². The molecule has 2 aromatic carbocycles. The van der Waals surface area contributed by atoms with Gasteiger partial charge in [0.05, 0.1) is 21.7 Å². The first-order valence-electron chi connectivity index (χ1n) is 8.46. The van der Waals surface area contributed by atoms with Gasteiger partial charge in [0.25, 0.3) is 0 Å². The van der Waals surface area contributed by atoms with Gasteiger partial charge in [-0.2, -0.15) is 0 Å². The van der Waals surface area contributed by atoms with E-state index >= 15 is 0 Å². The maximum absolute atomic E-state index is 14.0. The molecular formula is C19H16FN5OS2. The molecule has 0 atom stereocenters. The minimum Gasteiger partial charge on any atom is -0.301 e. The molecule has 6 nitrogen and oxygen atoms in total. The number of thioether (sulfide) groups is 1. The fourth-order valence-corrected chi connectivity index (χ4v) is 4.62. The Balaban J connectivity index is 1.46. The van der Waals surface area contributed by atoms with Crippen molar-refractivity contribution in [2.24, 2.45) is 0 Å². The van der Waals surface area contributed by atoms with Gasteiger partial charge in [0, 0.05) is 0 Å². The van der Waals surface area contributed by atoms with Crippen LogP contribution in [0.25, 0.3) is 15.9 Å². The number of carbonyl (C=O) groups excluding carboxylic acids is 1. The van der Waals surface area contributed by atoms with Crippen LogP contribution in [0.15, 0.2) is 47.9 Å². The number of benzene rings is 2. The van der Waals surface area contributed by atoms with Gasteiger partial charge in [-0.05, 0) is 43.2 Å². The molecule has 0 fully saturated rings. The first kappa shape index (κ1) is 18.6. The summed E-state index contributed by atoms with van der Waals surface area (Å²) in [5.41, 5.74) is 3.49. The fourth-order valence-electron chi connectivity index (χ4n) is 2.84. The van der Waals surface area contributed by atoms with Crippen LogP contribution in [0.5, 0.6) is 0 Å². The van der Waals surface area contributed by atoms with E-state index in [-0.39, 0.29) is 17.5 Å². The monoisotopic (exact) mass is 413 g/mol. The van der Waals surface area contributed by atoms with Gasteiger partial charge in [0.1, 0.15) is 12.1 Å². The summed E-state index contributed by atoms with van der Waals surface area (Å²) >= 11 is 2.63. The number of rotatable bonds is 5. The first-order valence-corrected chi connectivity index (χ1v) is 10.3. The number of para-hydroxylation sites is 1. The number of hydrogen-bond donors (Lipinski definition) is 1. The van der Waals surface area contributed by atoms with Crippen LogP contribution >= 0.6 is 23.1 Å². The SMILES string of the molecule is Cc1cc(C)c2nc(NC(=O)CSc3nncn3-c3ccccc3F)sc2c1. The molecule has 0 radical (unpaired) electrons. The van der Waals surface area contributed by atoms with Gasteiger partial charge in [-0.1, -0.05) is 41.3 Å². The number of fused-ring (bicyclic) bond motifs is 1. The van der Waals surface area contributed by atoms with Crippen LogP contribution in [0.3, 0.4) is 0 Å². The van der Waals surface area contributed by atoms with Crippen LogP contribution in [0.2, 0.25) is 0 Å². The van der Waals surface area contributed by atoms with Crippen LogP contribution in [-0.2, 0) is 4.79 Å². The van der Waals surface area contributed by atoms with E-state index in [0.29, 0.717) is 16.0 Å². The van der Waals surface area contributed by atoms with Gasteiger partial charge in [-0.3, -0.25) is 9.36 Å². The summed E-state index contributed by atoms with van der Waals surface area (Å²) in [4.78, 5) is 16.9. The lowest BCUT2D eigenvalue weighted by Crippen LogP contribution is -2.14. The van der Waals surface area contributed by atoms with Crippen molar-refractivity contribution in [3.8, 4) is 5.69 Å². The third kappa shape index (κ3) is 3.76. The largest absolute Gasteiger partial charge is 0.301 e. The molecule has 0 spiro atoms. The second kappa shape index (κ2) is 7.69. The second-order valence-electron chi connectivity index (χ2n) is 6.22. The topological polar surface area (TPSA) is 72.7 Å². The van der Waals surface area contributed by atoms with E-state index in [0.717, 1.165) is 21.3 Å². The molecule has 2 heterocycles. The quantitative estimate of drug-likeness (QED) is 0.492. The van der Waals surface area contributed by atoms with E-state index < -0.39 is 0 Å². The van der Waals surface area contributed by atoms with Crippen molar-refractivity contribution < 1.29 is 9.18 Å². The molecule has 28 heavy (non-hydrogen) atoms. The van der Waals surface area contributed by atoms with Crippen molar-refractivity contribution in [2.45, 2.75) is 19.0 Å². The molecule has 0 aliphatic rings. The zero-order valence-corrected chi connectivity index (χ0v) is 16.8. The Kier molecular flexibility index (Phi) is 5.10. The molecule has 1 N–H and O–H groups in total. The Morgan fingerprint density at radius 3 is 2.93 bits per heavy atom. The Bertz CT molecular complexity index is 1170. The number of anilines is 1. The smallest absolute Gasteiger partial charge is 0.236 e. The lowest BCUT2D eigenvalue weighted by Gasteiger charge is -2.06. The molecule has 142 valence electrons. The zero-order chi connectivity index (χ0) is 19.7. The summed E-state index contributed by atoms with van der Waals surface area (Å²) in [5, 5.41) is 11.6. The van der Waals surface area contributed by atoms with Crippen molar-refractivity contribution in [2.75, 3.05) is 11.1 Å². The molecule has 0 aliphatic carbocycles. The lowest BCUT2D eigenvalue weighted by atomic mass is 10.1. The Morgan fingerprint density at radius 1 is 1.29 bits per heavy atom. The first-order chi connectivity index (χ1) is 13.5. The maximum atomic E-state index is 14.0. The molecule has 4 aromatic rings. The Hall–Kier alpha value is -2.78. The average Bonchev–Trinajstić information content (AvgIpc) is 3.27. The molecule has 2 aromatic heterocycles. The van der Waals surface area contributed by atoms with Gasteiger partial charge in [0.15, 0.2) is 10.3 Å². The van der Waals surface area contributed by atoms with E-state index in [1.54, 1.807) is 18.2 Å². The number of thiazole rings is 1. The number of carbonyl (C=O) groups is 1. The molecule has 9 heteroatoms. The molecule has 1 amide bonds. The summed E-state index contributed by atoms with van der Waals surface area (Å²) < 4.78 is 16.6. The highest BCUT2D eigenvalue weighted by molar-refractivity contribution is 7.99. The number of aryl methyl sites for hydroxylation is 2. The molecule has 0 saturated heterocycles. The third-order valence-electron chi connectivity index (χ3n) is 4.04. The third-order valence-corrected chi connectivity index (χ3v) is 5.90. The Morgan fingerprint density at radius 2 is 2.11 bits per heavy atom. The van der Waals surface area contributed by atoms with Gasteiger partial charge in [0.2, 0.25) is 5.91 Å². The van der Waals surface area contributed by atoms with E-state index in [4.69, 9.17) is 0 Å². The van der Waals surface area contributed by atoms with Crippen LogP contribution in [-0.4, -0.2) is 31.4 Å². The average molecular weight is 414 g/mol. The summed E-state index contributed by atoms with van der Waals surface area (Å²) in [5.74, 6) is -0.476. The van der Waals surface area contributed by atoms with Crippen LogP contribution in [0.4, 0.5) is 9.52 Å². The summed E-state index contributed by atoms with van der Waals surface area (Å²) in [6.07, 6.45) is 1.43. The molecule has 0 bridgehead atoms. The van der Waals surface area contributed by atoms with Crippen molar-refractivity contribution in [1.82, 2.24) is 19.7 Å². The molecule has 4 rings (SSSR count). The Labute approximate surface area is 168 Å². The summed E-state index contributed by atoms with van der Waals surface area (Å²) in [6, 6.07) is 10.5. The van der Waals surface area contributed by atoms with Gasteiger partial charge >= 0.3 is 0 Å². The normalized spacial score (nSPS) is 11.1. The van der Waals surface area contributed by atoms with Crippen molar-refractivity contribution in [1.29, 1.82) is 0 Å². The second-order valence-corrected chi connectivity index (χ2v) is 8.19. The van der Waals surface area contributed by atoms with Crippen molar-refractivity contribution >= 4 is 44.4 Å². The van der Waals surface area contributed by atoms with E-state index in [2.05, 4.69) is 32.6 Å². The van der Waals surface area contributed by atoms with Crippen LogP contribution < -0.4 is 5.32 Å². The van der Waals surface area contributed by atoms with E-state index in [1.165, 1.54) is 40.1 Å². The predicted molar refractivity (Wildman–Crippen MR) is 110 cm³/mol. The minimum absolute atomic E-state index is 0.112. The van der Waals surface area contributed by atoms with Gasteiger partial charge < -0.3 is 5.32 Å². The molecular weight excluding hydrogens is 397 g/mol. The number of nitrogens with zero attached hydrogens (tertiary/aromatic N) is 4. The zero-order valence-electron chi connectivity index (χ0n) is 15.1. The number of nitrogens with one attached hydrogen (secondary N) is 1. The standard InChI is InChI=1S/C19H16FN5OS2/c1-11-7-12(2)17-15(8-11)28-18(23-17)22-16(26)9-27-19-24-21-10-25(19)14-6-4-3-5-13(14)20/h3-8,10H,9H2,1-2H3,(H,22,23,26). The minimum atomic E-state index is -0.381. The van der Waals surface area contributed by atoms with Crippen LogP contribution in [0, 0.1) is 19.7 Å². The summed E-state index contributed by atoms with van der Waals surface area (Å²) in [6.45, 7) is 4.04. The molecule has 0 unspecified atom stereocenters. The highest BCUT2D eigenvalue weighted by Gasteiger charge is 2.14. The van der Waals surface area contributed by atoms with Gasteiger partial charge in [-0.15, -0.1) is 10.2 Å². The maximum Gasteiger partial charge on any atom is 0.236 e. The highest BCUT2D eigenvalue weighted by Crippen LogP contribution is 2.29.